The molecule has 1 aromatic carbocycles. The number of benzene rings is 1. The molecule has 0 spiro atoms. The van der Waals surface area contributed by atoms with Gasteiger partial charge in [-0.25, -0.2) is 18.4 Å². The molecule has 0 bridgehead atoms. The van der Waals surface area contributed by atoms with Crippen LogP contribution in [0.15, 0.2) is 29.5 Å². The van der Waals surface area contributed by atoms with Gasteiger partial charge in [-0.05, 0) is 48.1 Å². The van der Waals surface area contributed by atoms with E-state index in [2.05, 4.69) is 32.4 Å². The minimum atomic E-state index is -3.00. The molecule has 1 atom stereocenters. The van der Waals surface area contributed by atoms with Gasteiger partial charge >= 0.3 is 0 Å². The number of hydrogen-bond donors (Lipinski definition) is 1. The Morgan fingerprint density at radius 3 is 2.88 bits per heavy atom. The predicted octanol–water partition coefficient (Wildman–Crippen LogP) is 2.73. The van der Waals surface area contributed by atoms with Crippen molar-refractivity contribution in [3.63, 3.8) is 0 Å². The van der Waals surface area contributed by atoms with E-state index in [1.807, 2.05) is 12.3 Å². The van der Waals surface area contributed by atoms with Crippen LogP contribution in [-0.2, 0) is 34.0 Å². The Kier molecular flexibility index (Phi) is 4.95. The summed E-state index contributed by atoms with van der Waals surface area (Å²) < 4.78 is 23.4. The number of aryl methyl sites for hydroxylation is 1. The standard InChI is InChI=1S/C23H23N5O3S2/c29-23(28-5-7-33(30,31)8-6-28)14-2-4-18-19(10-14)32-22-20(18)21(25-13-26-22)27-17-3-1-15-11-24-12-16(15)9-17/h1,3,9,12-14H,2,4-8,10-11H2,(H,25,26,27). The first-order valence-corrected chi connectivity index (χ1v) is 13.7. The smallest absolute Gasteiger partial charge is 0.226 e. The van der Waals surface area contributed by atoms with E-state index < -0.39 is 9.84 Å². The molecule has 0 saturated carbocycles. The second kappa shape index (κ2) is 7.88. The summed E-state index contributed by atoms with van der Waals surface area (Å²) in [4.78, 5) is 30.3. The molecule has 170 valence electrons. The Hall–Kier alpha value is -2.85. The average molecular weight is 482 g/mol. The molecule has 2 aliphatic heterocycles. The molecule has 3 aromatic rings. The van der Waals surface area contributed by atoms with Crippen molar-refractivity contribution in [2.45, 2.75) is 25.8 Å². The molecule has 1 fully saturated rings. The Morgan fingerprint density at radius 1 is 1.18 bits per heavy atom. The normalized spacial score (nSPS) is 21.1. The van der Waals surface area contributed by atoms with Crippen LogP contribution in [0.3, 0.4) is 0 Å². The molecule has 4 heterocycles. The van der Waals surface area contributed by atoms with Gasteiger partial charge in [0.05, 0.1) is 23.4 Å². The van der Waals surface area contributed by atoms with Gasteiger partial charge in [0, 0.05) is 35.8 Å². The molecule has 10 heteroatoms. The molecule has 1 saturated heterocycles. The first-order chi connectivity index (χ1) is 16.0. The quantitative estimate of drug-likeness (QED) is 0.617. The number of anilines is 2. The number of rotatable bonds is 3. The summed E-state index contributed by atoms with van der Waals surface area (Å²) in [6.07, 6.45) is 5.70. The molecule has 1 aliphatic carbocycles. The van der Waals surface area contributed by atoms with Crippen molar-refractivity contribution in [1.82, 2.24) is 14.9 Å². The van der Waals surface area contributed by atoms with Crippen LogP contribution in [0.2, 0.25) is 0 Å². The number of aromatic nitrogens is 2. The van der Waals surface area contributed by atoms with Crippen LogP contribution in [0.5, 0.6) is 0 Å². The van der Waals surface area contributed by atoms with Crippen molar-refractivity contribution in [3.8, 4) is 0 Å². The molecule has 3 aliphatic rings. The van der Waals surface area contributed by atoms with Gasteiger partial charge in [-0.15, -0.1) is 11.3 Å². The van der Waals surface area contributed by atoms with Crippen molar-refractivity contribution in [2.24, 2.45) is 10.9 Å². The minimum absolute atomic E-state index is 0.0682. The van der Waals surface area contributed by atoms with Gasteiger partial charge in [0.25, 0.3) is 0 Å². The monoisotopic (exact) mass is 481 g/mol. The summed E-state index contributed by atoms with van der Waals surface area (Å²) in [5.74, 6) is 0.903. The van der Waals surface area contributed by atoms with E-state index in [9.17, 15) is 13.2 Å². The summed E-state index contributed by atoms with van der Waals surface area (Å²) in [7, 11) is -3.00. The maximum atomic E-state index is 13.1. The Labute approximate surface area is 195 Å². The van der Waals surface area contributed by atoms with E-state index >= 15 is 0 Å². The van der Waals surface area contributed by atoms with Crippen molar-refractivity contribution in [2.75, 3.05) is 29.9 Å². The molecule has 33 heavy (non-hydrogen) atoms. The van der Waals surface area contributed by atoms with Crippen LogP contribution in [0.25, 0.3) is 10.2 Å². The molecule has 0 radical (unpaired) electrons. The highest BCUT2D eigenvalue weighted by Gasteiger charge is 2.34. The third-order valence-electron chi connectivity index (χ3n) is 6.75. The number of nitrogens with one attached hydrogen (secondary N) is 1. The zero-order valence-corrected chi connectivity index (χ0v) is 19.6. The van der Waals surface area contributed by atoms with E-state index in [0.29, 0.717) is 19.5 Å². The molecule has 2 aromatic heterocycles. The first kappa shape index (κ1) is 20.7. The second-order valence-electron chi connectivity index (χ2n) is 8.83. The molecular weight excluding hydrogens is 458 g/mol. The second-order valence-corrected chi connectivity index (χ2v) is 12.2. The van der Waals surface area contributed by atoms with E-state index in [1.54, 1.807) is 22.6 Å². The van der Waals surface area contributed by atoms with Crippen LogP contribution in [-0.4, -0.2) is 60.0 Å². The topological polar surface area (TPSA) is 105 Å². The number of carbonyl (C=O) groups is 1. The lowest BCUT2D eigenvalue weighted by molar-refractivity contribution is -0.135. The van der Waals surface area contributed by atoms with Crippen LogP contribution in [0, 0.1) is 5.92 Å². The van der Waals surface area contributed by atoms with Crippen molar-refractivity contribution < 1.29 is 13.2 Å². The van der Waals surface area contributed by atoms with Crippen molar-refractivity contribution >= 4 is 55.0 Å². The number of aliphatic imine (C=N–C) groups is 1. The van der Waals surface area contributed by atoms with Gasteiger partial charge in [-0.1, -0.05) is 6.07 Å². The largest absolute Gasteiger partial charge is 0.340 e. The zero-order chi connectivity index (χ0) is 22.6. The van der Waals surface area contributed by atoms with Crippen molar-refractivity contribution in [3.05, 3.63) is 46.1 Å². The fourth-order valence-electron chi connectivity index (χ4n) is 4.92. The summed E-state index contributed by atoms with van der Waals surface area (Å²) >= 11 is 1.63. The van der Waals surface area contributed by atoms with Gasteiger partial charge < -0.3 is 10.2 Å². The fourth-order valence-corrected chi connectivity index (χ4v) is 7.39. The maximum Gasteiger partial charge on any atom is 0.226 e. The van der Waals surface area contributed by atoms with E-state index in [0.717, 1.165) is 46.7 Å². The predicted molar refractivity (Wildman–Crippen MR) is 129 cm³/mol. The van der Waals surface area contributed by atoms with Gasteiger partial charge in [0.15, 0.2) is 9.84 Å². The van der Waals surface area contributed by atoms with Gasteiger partial charge in [-0.3, -0.25) is 9.79 Å². The number of amides is 1. The average Bonchev–Trinajstić information content (AvgIpc) is 3.42. The van der Waals surface area contributed by atoms with Crippen molar-refractivity contribution in [1.29, 1.82) is 0 Å². The Balaban J connectivity index is 1.25. The third kappa shape index (κ3) is 3.80. The Morgan fingerprint density at radius 2 is 2.03 bits per heavy atom. The zero-order valence-electron chi connectivity index (χ0n) is 18.0. The lowest BCUT2D eigenvalue weighted by Gasteiger charge is -2.31. The third-order valence-corrected chi connectivity index (χ3v) is 9.52. The van der Waals surface area contributed by atoms with Crippen LogP contribution < -0.4 is 5.32 Å². The number of carbonyl (C=O) groups excluding carboxylic acids is 1. The highest BCUT2D eigenvalue weighted by atomic mass is 32.2. The summed E-state index contributed by atoms with van der Waals surface area (Å²) in [5, 5.41) is 4.51. The molecule has 8 nitrogen and oxygen atoms in total. The maximum absolute atomic E-state index is 13.1. The highest BCUT2D eigenvalue weighted by Crippen LogP contribution is 2.41. The summed E-state index contributed by atoms with van der Waals surface area (Å²) in [6.45, 7) is 1.35. The first-order valence-electron chi connectivity index (χ1n) is 11.1. The number of sulfone groups is 1. The lowest BCUT2D eigenvalue weighted by Crippen LogP contribution is -2.47. The van der Waals surface area contributed by atoms with Gasteiger partial charge in [0.1, 0.15) is 17.0 Å². The number of thiophene rings is 1. The highest BCUT2D eigenvalue weighted by molar-refractivity contribution is 7.91. The number of hydrogen-bond acceptors (Lipinski definition) is 8. The molecule has 6 rings (SSSR count). The number of nitrogens with zero attached hydrogens (tertiary/aromatic N) is 4. The molecule has 1 amide bonds. The molecule has 1 N–H and O–H groups in total. The molecular formula is C23H23N5O3S2. The van der Waals surface area contributed by atoms with Crippen LogP contribution >= 0.6 is 11.3 Å². The Bertz CT molecular complexity index is 1400. The molecule has 1 unspecified atom stereocenters. The minimum Gasteiger partial charge on any atom is -0.340 e. The van der Waals surface area contributed by atoms with Crippen LogP contribution in [0.4, 0.5) is 11.5 Å². The van der Waals surface area contributed by atoms with E-state index in [-0.39, 0.29) is 23.3 Å². The number of fused-ring (bicyclic) bond motifs is 4. The summed E-state index contributed by atoms with van der Waals surface area (Å²) in [6, 6.07) is 6.23. The van der Waals surface area contributed by atoms with E-state index in [1.165, 1.54) is 16.0 Å². The lowest BCUT2D eigenvalue weighted by atomic mass is 9.87. The SMILES string of the molecule is O=C(C1CCc2c(sc3ncnc(Nc4ccc5c(c4)C=NC5)c23)C1)N1CCS(=O)(=O)CC1. The van der Waals surface area contributed by atoms with Crippen LogP contribution in [0.1, 0.15) is 28.0 Å². The fraction of sp³-hybridized carbons (Fsp3) is 0.391. The van der Waals surface area contributed by atoms with E-state index in [4.69, 9.17) is 0 Å². The summed E-state index contributed by atoms with van der Waals surface area (Å²) in [5.41, 5.74) is 4.55. The van der Waals surface area contributed by atoms with Gasteiger partial charge in [-0.2, -0.15) is 0 Å². The van der Waals surface area contributed by atoms with Gasteiger partial charge in [0.2, 0.25) is 5.91 Å².